The number of phenols is 2. The Balaban J connectivity index is 0.00000237. The van der Waals surface area contributed by atoms with E-state index in [1.807, 2.05) is 36.4 Å². The quantitative estimate of drug-likeness (QED) is 0.120. The first kappa shape index (κ1) is 55.5. The van der Waals surface area contributed by atoms with Gasteiger partial charge in [-0.15, -0.1) is 0 Å². The zero-order chi connectivity index (χ0) is 50.1. The number of hydrogen-bond acceptors (Lipinski definition) is 3. The van der Waals surface area contributed by atoms with Gasteiger partial charge in [-0.05, 0) is 205 Å². The van der Waals surface area contributed by atoms with Gasteiger partial charge in [0.2, 0.25) is 0 Å². The average Bonchev–Trinajstić information content (AvgIpc) is 3.20. The van der Waals surface area contributed by atoms with E-state index in [0.29, 0.717) is 33.4 Å². The molecule has 0 aliphatic heterocycles. The molecule has 0 amide bonds. The van der Waals surface area contributed by atoms with Crippen molar-refractivity contribution in [3.8, 4) is 56.3 Å². The second-order valence-electron chi connectivity index (χ2n) is 28.0. The smallest absolute Gasteiger partial charge is 0.416 e. The second kappa shape index (κ2) is 17.7. The summed E-state index contributed by atoms with van der Waals surface area (Å²) < 4.78 is 46.7. The molecule has 8 aliphatic rings. The molecule has 13 rings (SSSR count). The predicted octanol–water partition coefficient (Wildman–Crippen LogP) is 19.2. The van der Waals surface area contributed by atoms with Crippen LogP contribution in [0, 0.1) is 61.2 Å². The van der Waals surface area contributed by atoms with Gasteiger partial charge in [0.15, 0.2) is 0 Å². The number of benzene rings is 4. The Bertz CT molecular complexity index is 2720. The second-order valence-corrected chi connectivity index (χ2v) is 28.0. The molecule has 73 heavy (non-hydrogen) atoms. The molecule has 0 saturated heterocycles. The summed E-state index contributed by atoms with van der Waals surface area (Å²) >= 11 is 0. The number of pyridine rings is 1. The van der Waals surface area contributed by atoms with Crippen LogP contribution in [0.5, 0.6) is 11.5 Å². The van der Waals surface area contributed by atoms with Crippen molar-refractivity contribution >= 4 is 0 Å². The Hall–Kier alpha value is -3.71. The molecule has 8 fully saturated rings. The first-order valence-corrected chi connectivity index (χ1v) is 26.5. The van der Waals surface area contributed by atoms with Gasteiger partial charge in [0.1, 0.15) is 11.5 Å². The molecule has 0 radical (unpaired) electrons. The molecule has 0 atom stereocenters. The molecular weight excluding hydrogens is 1070 g/mol. The minimum atomic E-state index is -4.68. The summed E-state index contributed by atoms with van der Waals surface area (Å²) in [4.78, 5) is 5.31. The Morgan fingerprint density at radius 2 is 0.740 bits per heavy atom. The topological polar surface area (TPSA) is 53.4 Å². The molecule has 5 aromatic rings. The fourth-order valence-electron chi connectivity index (χ4n) is 19.6. The third-order valence-electron chi connectivity index (χ3n) is 19.1. The van der Waals surface area contributed by atoms with Gasteiger partial charge in [0.25, 0.3) is 0 Å². The van der Waals surface area contributed by atoms with Crippen molar-refractivity contribution in [3.63, 3.8) is 0 Å². The third-order valence-corrected chi connectivity index (χ3v) is 19.1. The van der Waals surface area contributed by atoms with Gasteiger partial charge in [-0.2, -0.15) is 13.2 Å². The van der Waals surface area contributed by atoms with Gasteiger partial charge >= 0.3 is 6.18 Å². The number of aromatic nitrogens is 1. The van der Waals surface area contributed by atoms with Crippen LogP contribution in [0.4, 0.5) is 13.2 Å². The van der Waals surface area contributed by atoms with E-state index in [0.717, 1.165) is 71.9 Å². The zero-order valence-corrected chi connectivity index (χ0v) is 50.1. The van der Waals surface area contributed by atoms with E-state index in [1.165, 1.54) is 50.7 Å². The van der Waals surface area contributed by atoms with E-state index in [1.54, 1.807) is 0 Å². The summed E-state index contributed by atoms with van der Waals surface area (Å²) in [5.41, 5.74) is 10.0. The number of nitrogens with zero attached hydrogens (tertiary/aromatic N) is 1. The first-order chi connectivity index (χ1) is 32.5. The summed E-state index contributed by atoms with van der Waals surface area (Å²) in [6, 6.07) is 22.9. The Labute approximate surface area is 455 Å². The van der Waals surface area contributed by atoms with E-state index in [2.05, 4.69) is 107 Å². The molecule has 0 spiro atoms. The molecule has 1 heterocycles. The van der Waals surface area contributed by atoms with Gasteiger partial charge in [0.05, 0.1) is 17.0 Å². The summed E-state index contributed by atoms with van der Waals surface area (Å²) in [5, 5.41) is 25.7. The van der Waals surface area contributed by atoms with Crippen LogP contribution in [0.3, 0.4) is 0 Å². The summed E-state index contributed by atoms with van der Waals surface area (Å²) in [6.45, 7) is 27.3. The number of hydrogen-bond donors (Lipinski definition) is 2. The number of halogens is 3. The van der Waals surface area contributed by atoms with Crippen molar-refractivity contribution < 1.29 is 49.2 Å². The van der Waals surface area contributed by atoms with Gasteiger partial charge in [-0.1, -0.05) is 106 Å². The minimum Gasteiger partial charge on any atom is -0.507 e. The molecule has 4 aromatic carbocycles. The zero-order valence-electron chi connectivity index (χ0n) is 46.5. The van der Waals surface area contributed by atoms with Crippen molar-refractivity contribution in [1.29, 1.82) is 0 Å². The molecule has 2 N–H and O–H groups in total. The van der Waals surface area contributed by atoms with Crippen LogP contribution in [0.2, 0.25) is 0 Å². The molecule has 3 nitrogen and oxygen atoms in total. The monoisotopic (exact) mass is 1160 g/mol. The summed E-state index contributed by atoms with van der Waals surface area (Å²) in [5.74, 6) is 0.651. The van der Waals surface area contributed by atoms with Crippen LogP contribution >= 0.6 is 0 Å². The fourth-order valence-corrected chi connectivity index (χ4v) is 19.6. The van der Waals surface area contributed by atoms with Crippen LogP contribution in [0.15, 0.2) is 72.8 Å². The van der Waals surface area contributed by atoms with Crippen LogP contribution in [0.1, 0.15) is 197 Å². The summed E-state index contributed by atoms with van der Waals surface area (Å²) in [7, 11) is 0. The molecule has 8 bridgehead atoms. The molecule has 0 unspecified atom stereocenters. The Morgan fingerprint density at radius 1 is 0.438 bits per heavy atom. The van der Waals surface area contributed by atoms with Gasteiger partial charge in [-0.3, -0.25) is 0 Å². The number of rotatable bonds is 8. The van der Waals surface area contributed by atoms with E-state index >= 15 is 13.2 Å². The number of alkyl halides is 3. The van der Waals surface area contributed by atoms with Crippen molar-refractivity contribution in [1.82, 2.24) is 4.98 Å². The maximum absolute atomic E-state index is 15.6. The molecule has 7 heteroatoms. The molecule has 390 valence electrons. The van der Waals surface area contributed by atoms with Gasteiger partial charge in [-0.25, -0.2) is 4.98 Å². The van der Waals surface area contributed by atoms with Crippen LogP contribution in [-0.4, -0.2) is 15.2 Å². The van der Waals surface area contributed by atoms with Gasteiger partial charge in [0, 0.05) is 70.1 Å². The summed E-state index contributed by atoms with van der Waals surface area (Å²) in [6.07, 6.45) is 8.66. The Kier molecular flexibility index (Phi) is 13.4. The van der Waals surface area contributed by atoms with Crippen LogP contribution < -0.4 is 0 Å². The van der Waals surface area contributed by atoms with Crippen molar-refractivity contribution in [2.24, 2.45) is 32.5 Å². The SMILES string of the molecule is Cc1cc(-c2ccc(C(C)C)cc2-c2cc(C(F)(F)F)cc(-c3cc(C(C)C)ccc3-c3cc(C)cc(C45CC6(C)CC(C)(CC(C)(C6)C4)C5)c3O)n2)c(O)c(C23CC4(C)CC(C)(CC(C)(C4)C2)C3)c1.[CH3-].[CH3-].[Hf]. The number of aromatic hydroxyl groups is 2. The van der Waals surface area contributed by atoms with E-state index < -0.39 is 11.7 Å². The maximum atomic E-state index is 15.6. The molecule has 8 aliphatic carbocycles. The minimum absolute atomic E-state index is 0. The van der Waals surface area contributed by atoms with Crippen molar-refractivity contribution in [3.05, 3.63) is 127 Å². The molecule has 1 aromatic heterocycles. The van der Waals surface area contributed by atoms with Crippen molar-refractivity contribution in [2.75, 3.05) is 0 Å². The normalized spacial score (nSPS) is 32.7. The largest absolute Gasteiger partial charge is 0.507 e. The average molecular weight is 1160 g/mol. The fraction of sp³-hybridized carbons (Fsp3) is 0.530. The van der Waals surface area contributed by atoms with E-state index in [4.69, 9.17) is 4.98 Å². The molecular formula is C66H82F3HfNO2-2. The van der Waals surface area contributed by atoms with E-state index in [-0.39, 0.29) is 119 Å². The Morgan fingerprint density at radius 3 is 1.01 bits per heavy atom. The van der Waals surface area contributed by atoms with Crippen LogP contribution in [-0.2, 0) is 42.8 Å². The van der Waals surface area contributed by atoms with Crippen LogP contribution in [0.25, 0.3) is 44.8 Å². The van der Waals surface area contributed by atoms with Crippen molar-refractivity contribution in [2.45, 2.75) is 189 Å². The van der Waals surface area contributed by atoms with E-state index in [9.17, 15) is 10.2 Å². The van der Waals surface area contributed by atoms with Gasteiger partial charge < -0.3 is 25.1 Å². The maximum Gasteiger partial charge on any atom is 0.416 e. The standard InChI is InChI=1S/C64H76F3NO2.2CH3.Hf/c1-37(2)41-13-15-44(48-17-39(5)19-50(54(48)69)62-31-56(7)25-57(8,32-62)27-58(9,26-56)33-62)46(21-41)52-23-43(64(65,66)67)24-53(68-52)47-22-42(38(3)4)14-16-45(47)49-18-40(6)20-51(55(49)70)63-34-59(10)28-60(11,35-63)30-61(12,29-59)36-63;;;/h13-24,37-38,69-70H,25-36H2,1-12H3;2*1H3;/q;2*-1;. The third kappa shape index (κ3) is 9.23. The molecule has 8 saturated carbocycles. The number of aryl methyl sites for hydroxylation is 2. The first-order valence-electron chi connectivity index (χ1n) is 26.5. The number of phenolic OH excluding ortho intramolecular Hbond substituents is 2. The predicted molar refractivity (Wildman–Crippen MR) is 292 cm³/mol.